The van der Waals surface area contributed by atoms with E-state index in [0.717, 1.165) is 21.8 Å². The highest BCUT2D eigenvalue weighted by molar-refractivity contribution is 7.99. The van der Waals surface area contributed by atoms with Gasteiger partial charge in [-0.3, -0.25) is 9.59 Å². The molecule has 0 spiro atoms. The third-order valence-corrected chi connectivity index (χ3v) is 6.60. The minimum absolute atomic E-state index is 0.111. The van der Waals surface area contributed by atoms with Gasteiger partial charge in [0.1, 0.15) is 5.82 Å². The van der Waals surface area contributed by atoms with Crippen molar-refractivity contribution in [3.8, 4) is 0 Å². The molecule has 3 rings (SSSR count). The number of rotatable bonds is 9. The van der Waals surface area contributed by atoms with Gasteiger partial charge in [0.25, 0.3) is 0 Å². The van der Waals surface area contributed by atoms with Gasteiger partial charge in [-0.15, -0.1) is 22.0 Å². The van der Waals surface area contributed by atoms with Crippen LogP contribution in [0.1, 0.15) is 23.9 Å². The first-order chi connectivity index (χ1) is 15.4. The summed E-state index contributed by atoms with van der Waals surface area (Å²) in [6, 6.07) is 13.5. The first-order valence-corrected chi connectivity index (χ1v) is 12.5. The molecule has 168 valence electrons. The fourth-order valence-corrected chi connectivity index (χ4v) is 4.35. The first-order valence-electron chi connectivity index (χ1n) is 10.3. The van der Waals surface area contributed by atoms with E-state index in [0.29, 0.717) is 17.5 Å². The van der Waals surface area contributed by atoms with Crippen LogP contribution in [0.3, 0.4) is 0 Å². The van der Waals surface area contributed by atoms with Crippen LogP contribution in [0.25, 0.3) is 0 Å². The zero-order valence-electron chi connectivity index (χ0n) is 18.6. The van der Waals surface area contributed by atoms with Crippen molar-refractivity contribution in [2.24, 2.45) is 0 Å². The molecular formula is C23H27N5O2S2. The normalized spacial score (nSPS) is 10.8. The molecule has 0 saturated carbocycles. The summed E-state index contributed by atoms with van der Waals surface area (Å²) in [5.74, 6) is 0.507. The van der Waals surface area contributed by atoms with Gasteiger partial charge in [-0.25, -0.2) is 0 Å². The Bertz CT molecular complexity index is 1110. The number of anilines is 2. The van der Waals surface area contributed by atoms with Gasteiger partial charge in [0.2, 0.25) is 11.8 Å². The van der Waals surface area contributed by atoms with E-state index in [4.69, 9.17) is 0 Å². The van der Waals surface area contributed by atoms with Gasteiger partial charge in [0, 0.05) is 22.8 Å². The van der Waals surface area contributed by atoms with E-state index in [2.05, 4.69) is 20.8 Å². The molecule has 9 heteroatoms. The van der Waals surface area contributed by atoms with Crippen molar-refractivity contribution in [3.63, 3.8) is 0 Å². The SMILES string of the molecule is CCn1c(CC(=O)Nc2cccc(SC)c2)nnc1SCC(=O)Nc1ccc(C)c(C)c1. The van der Waals surface area contributed by atoms with Gasteiger partial charge >= 0.3 is 0 Å². The predicted molar refractivity (Wildman–Crippen MR) is 132 cm³/mol. The van der Waals surface area contributed by atoms with Crippen molar-refractivity contribution in [2.75, 3.05) is 22.6 Å². The summed E-state index contributed by atoms with van der Waals surface area (Å²) >= 11 is 2.93. The second-order valence-electron chi connectivity index (χ2n) is 7.24. The summed E-state index contributed by atoms with van der Waals surface area (Å²) in [6.07, 6.45) is 2.10. The standard InChI is InChI=1S/C23H27N5O2S2/c1-5-28-20(13-21(29)24-17-7-6-8-19(12-17)31-4)26-27-23(28)32-14-22(30)25-18-10-9-15(2)16(3)11-18/h6-12H,5,13-14H2,1-4H3,(H,24,29)(H,25,30). The number of thioether (sulfide) groups is 2. The Morgan fingerprint density at radius 3 is 2.44 bits per heavy atom. The third-order valence-electron chi connectivity index (χ3n) is 4.90. The van der Waals surface area contributed by atoms with Crippen LogP contribution in [0.5, 0.6) is 0 Å². The van der Waals surface area contributed by atoms with Gasteiger partial charge in [-0.05, 0) is 68.5 Å². The zero-order valence-corrected chi connectivity index (χ0v) is 20.3. The highest BCUT2D eigenvalue weighted by Gasteiger charge is 2.16. The Hall–Kier alpha value is -2.78. The molecule has 32 heavy (non-hydrogen) atoms. The lowest BCUT2D eigenvalue weighted by Gasteiger charge is -2.09. The summed E-state index contributed by atoms with van der Waals surface area (Å²) in [6.45, 7) is 6.62. The van der Waals surface area contributed by atoms with Gasteiger partial charge in [0.15, 0.2) is 5.16 Å². The molecule has 0 aliphatic carbocycles. The molecule has 0 atom stereocenters. The van der Waals surface area contributed by atoms with Crippen molar-refractivity contribution in [1.29, 1.82) is 0 Å². The number of amides is 2. The quantitative estimate of drug-likeness (QED) is 0.447. The van der Waals surface area contributed by atoms with Crippen LogP contribution < -0.4 is 10.6 Å². The van der Waals surface area contributed by atoms with Crippen molar-refractivity contribution in [2.45, 2.75) is 43.8 Å². The molecule has 1 aromatic heterocycles. The number of carbonyl (C=O) groups is 2. The number of aryl methyl sites for hydroxylation is 2. The van der Waals surface area contributed by atoms with Crippen molar-refractivity contribution < 1.29 is 9.59 Å². The lowest BCUT2D eigenvalue weighted by molar-refractivity contribution is -0.116. The second kappa shape index (κ2) is 11.2. The van der Waals surface area contributed by atoms with E-state index in [-0.39, 0.29) is 24.0 Å². The van der Waals surface area contributed by atoms with Gasteiger partial charge in [0.05, 0.1) is 12.2 Å². The minimum atomic E-state index is -0.158. The molecule has 2 aromatic carbocycles. The largest absolute Gasteiger partial charge is 0.326 e. The Labute approximate surface area is 196 Å². The zero-order chi connectivity index (χ0) is 23.1. The molecule has 7 nitrogen and oxygen atoms in total. The maximum absolute atomic E-state index is 12.5. The molecule has 0 aliphatic heterocycles. The number of aromatic nitrogens is 3. The molecule has 3 aromatic rings. The Balaban J connectivity index is 1.58. The molecule has 2 amide bonds. The molecule has 0 fully saturated rings. The maximum Gasteiger partial charge on any atom is 0.234 e. The summed E-state index contributed by atoms with van der Waals surface area (Å²) < 4.78 is 1.87. The molecule has 0 saturated heterocycles. The maximum atomic E-state index is 12.5. The summed E-state index contributed by atoms with van der Waals surface area (Å²) in [5, 5.41) is 14.8. The highest BCUT2D eigenvalue weighted by Crippen LogP contribution is 2.21. The van der Waals surface area contributed by atoms with Crippen LogP contribution >= 0.6 is 23.5 Å². The third kappa shape index (κ3) is 6.37. The average Bonchev–Trinajstić information content (AvgIpc) is 3.16. The van der Waals surface area contributed by atoms with Crippen molar-refractivity contribution in [3.05, 3.63) is 59.4 Å². The lowest BCUT2D eigenvalue weighted by Crippen LogP contribution is -2.18. The first kappa shape index (κ1) is 23.9. The molecular weight excluding hydrogens is 442 g/mol. The van der Waals surface area contributed by atoms with Crippen LogP contribution in [-0.4, -0.2) is 38.6 Å². The Morgan fingerprint density at radius 2 is 1.72 bits per heavy atom. The smallest absolute Gasteiger partial charge is 0.234 e. The van der Waals surface area contributed by atoms with Gasteiger partial charge < -0.3 is 15.2 Å². The van der Waals surface area contributed by atoms with Crippen LogP contribution in [0.4, 0.5) is 11.4 Å². The number of nitrogens with one attached hydrogen (secondary N) is 2. The van der Waals surface area contributed by atoms with E-state index in [1.165, 1.54) is 17.3 Å². The molecule has 1 heterocycles. The summed E-state index contributed by atoms with van der Waals surface area (Å²) in [5.41, 5.74) is 3.84. The van der Waals surface area contributed by atoms with Crippen LogP contribution in [0.2, 0.25) is 0 Å². The average molecular weight is 470 g/mol. The second-order valence-corrected chi connectivity index (χ2v) is 9.06. The van der Waals surface area contributed by atoms with Crippen molar-refractivity contribution in [1.82, 2.24) is 14.8 Å². The number of hydrogen-bond donors (Lipinski definition) is 2. The van der Waals surface area contributed by atoms with Crippen LogP contribution in [0, 0.1) is 13.8 Å². The number of nitrogens with zero attached hydrogens (tertiary/aromatic N) is 3. The molecule has 0 radical (unpaired) electrons. The summed E-state index contributed by atoms with van der Waals surface area (Å²) in [4.78, 5) is 26.0. The van der Waals surface area contributed by atoms with Crippen LogP contribution in [-0.2, 0) is 22.6 Å². The van der Waals surface area contributed by atoms with Gasteiger partial charge in [-0.2, -0.15) is 0 Å². The topological polar surface area (TPSA) is 88.9 Å². The van der Waals surface area contributed by atoms with E-state index < -0.39 is 0 Å². The lowest BCUT2D eigenvalue weighted by atomic mass is 10.1. The molecule has 0 aliphatic rings. The fourth-order valence-electron chi connectivity index (χ4n) is 3.07. The molecule has 0 unspecified atom stereocenters. The fraction of sp³-hybridized carbons (Fsp3) is 0.304. The number of benzene rings is 2. The Kier molecular flexibility index (Phi) is 8.35. The van der Waals surface area contributed by atoms with E-state index >= 15 is 0 Å². The highest BCUT2D eigenvalue weighted by atomic mass is 32.2. The Morgan fingerprint density at radius 1 is 0.969 bits per heavy atom. The molecule has 2 N–H and O–H groups in total. The number of carbonyl (C=O) groups excluding carboxylic acids is 2. The van der Waals surface area contributed by atoms with E-state index in [1.807, 2.05) is 74.1 Å². The minimum Gasteiger partial charge on any atom is -0.326 e. The number of hydrogen-bond acceptors (Lipinski definition) is 6. The summed E-state index contributed by atoms with van der Waals surface area (Å²) in [7, 11) is 0. The van der Waals surface area contributed by atoms with Crippen molar-refractivity contribution >= 4 is 46.7 Å². The van der Waals surface area contributed by atoms with E-state index in [9.17, 15) is 9.59 Å². The predicted octanol–water partition coefficient (Wildman–Crippen LogP) is 4.55. The van der Waals surface area contributed by atoms with Gasteiger partial charge in [-0.1, -0.05) is 23.9 Å². The molecule has 0 bridgehead atoms. The monoisotopic (exact) mass is 469 g/mol. The van der Waals surface area contributed by atoms with Crippen LogP contribution in [0.15, 0.2) is 52.5 Å². The van der Waals surface area contributed by atoms with E-state index in [1.54, 1.807) is 11.8 Å².